The Hall–Kier alpha value is -0.610. The number of rotatable bonds is 6. The first-order chi connectivity index (χ1) is 13.8. The quantitative estimate of drug-likeness (QED) is 0.230. The summed E-state index contributed by atoms with van der Waals surface area (Å²) in [6, 6.07) is 0. The Balaban J connectivity index is 1.47. The molecule has 0 radical (unpaired) electrons. The molecule has 3 unspecified atom stereocenters. The van der Waals surface area contributed by atoms with E-state index in [2.05, 4.69) is 13.0 Å². The van der Waals surface area contributed by atoms with Gasteiger partial charge in [-0.2, -0.15) is 13.2 Å². The SMILES string of the molecule is CCCCCC1CCC(C2CC=C(C3CC(F)C(C(F)(F)F)C(F)C3)CC2)CC1. The van der Waals surface area contributed by atoms with Crippen molar-refractivity contribution in [2.75, 3.05) is 0 Å². The van der Waals surface area contributed by atoms with E-state index in [0.717, 1.165) is 36.7 Å². The van der Waals surface area contributed by atoms with Crippen molar-refractivity contribution in [3.05, 3.63) is 11.6 Å². The lowest BCUT2D eigenvalue weighted by atomic mass is 9.68. The van der Waals surface area contributed by atoms with Gasteiger partial charge in [0.1, 0.15) is 18.3 Å². The molecule has 0 nitrogen and oxygen atoms in total. The molecule has 29 heavy (non-hydrogen) atoms. The van der Waals surface area contributed by atoms with Crippen LogP contribution in [-0.4, -0.2) is 18.5 Å². The molecule has 2 saturated carbocycles. The molecule has 0 N–H and O–H groups in total. The van der Waals surface area contributed by atoms with Crippen LogP contribution in [0.3, 0.4) is 0 Å². The summed E-state index contributed by atoms with van der Waals surface area (Å²) in [5, 5.41) is 0. The maximum absolute atomic E-state index is 14.1. The Bertz CT molecular complexity index is 520. The minimum absolute atomic E-state index is 0.177. The normalized spacial score (nSPS) is 39.2. The maximum Gasteiger partial charge on any atom is 0.397 e. The molecule has 0 heterocycles. The first-order valence-electron chi connectivity index (χ1n) is 11.8. The highest BCUT2D eigenvalue weighted by atomic mass is 19.4. The van der Waals surface area contributed by atoms with E-state index in [4.69, 9.17) is 0 Å². The Morgan fingerprint density at radius 3 is 2.07 bits per heavy atom. The Kier molecular flexibility index (Phi) is 8.06. The van der Waals surface area contributed by atoms with Gasteiger partial charge in [-0.15, -0.1) is 0 Å². The summed E-state index contributed by atoms with van der Waals surface area (Å²) in [6.45, 7) is 2.24. The zero-order chi connectivity index (χ0) is 21.0. The number of alkyl halides is 5. The number of hydrogen-bond donors (Lipinski definition) is 0. The lowest BCUT2D eigenvalue weighted by molar-refractivity contribution is -0.217. The maximum atomic E-state index is 14.1. The summed E-state index contributed by atoms with van der Waals surface area (Å²) in [4.78, 5) is 0. The third-order valence-electron chi connectivity index (χ3n) is 7.96. The molecule has 5 heteroatoms. The van der Waals surface area contributed by atoms with E-state index in [9.17, 15) is 22.0 Å². The lowest BCUT2D eigenvalue weighted by Crippen LogP contribution is -2.45. The highest BCUT2D eigenvalue weighted by Gasteiger charge is 2.54. The first-order valence-corrected chi connectivity index (χ1v) is 11.8. The average Bonchev–Trinajstić information content (AvgIpc) is 2.67. The highest BCUT2D eigenvalue weighted by Crippen LogP contribution is 2.47. The summed E-state index contributed by atoms with van der Waals surface area (Å²) in [5.41, 5.74) is 1.01. The minimum Gasteiger partial charge on any atom is -0.247 e. The summed E-state index contributed by atoms with van der Waals surface area (Å²) < 4.78 is 66.9. The highest BCUT2D eigenvalue weighted by molar-refractivity contribution is 5.14. The van der Waals surface area contributed by atoms with Crippen molar-refractivity contribution in [1.29, 1.82) is 0 Å². The molecule has 0 saturated heterocycles. The zero-order valence-corrected chi connectivity index (χ0v) is 17.7. The molecule has 0 amide bonds. The molecule has 0 bridgehead atoms. The van der Waals surface area contributed by atoms with Crippen LogP contribution in [-0.2, 0) is 0 Å². The number of hydrogen-bond acceptors (Lipinski definition) is 0. The molecule has 2 fully saturated rings. The van der Waals surface area contributed by atoms with Crippen LogP contribution < -0.4 is 0 Å². The van der Waals surface area contributed by atoms with Gasteiger partial charge in [-0.1, -0.05) is 57.1 Å². The molecule has 3 rings (SSSR count). The monoisotopic (exact) mass is 420 g/mol. The van der Waals surface area contributed by atoms with Gasteiger partial charge in [-0.25, -0.2) is 8.78 Å². The Morgan fingerprint density at radius 1 is 0.897 bits per heavy atom. The fourth-order valence-electron chi connectivity index (χ4n) is 6.18. The minimum atomic E-state index is -4.79. The van der Waals surface area contributed by atoms with Gasteiger partial charge in [0, 0.05) is 0 Å². The largest absolute Gasteiger partial charge is 0.397 e. The van der Waals surface area contributed by atoms with Crippen molar-refractivity contribution in [2.45, 2.75) is 109 Å². The Morgan fingerprint density at radius 2 is 1.55 bits per heavy atom. The predicted molar refractivity (Wildman–Crippen MR) is 107 cm³/mol. The molecule has 0 aromatic heterocycles. The van der Waals surface area contributed by atoms with E-state index >= 15 is 0 Å². The number of halogens is 5. The van der Waals surface area contributed by atoms with Gasteiger partial charge < -0.3 is 0 Å². The van der Waals surface area contributed by atoms with Crippen LogP contribution in [0.25, 0.3) is 0 Å². The second-order valence-corrected chi connectivity index (χ2v) is 9.86. The number of allylic oxidation sites excluding steroid dienone is 2. The molecule has 0 aromatic carbocycles. The van der Waals surface area contributed by atoms with E-state index in [1.54, 1.807) is 0 Å². The van der Waals surface area contributed by atoms with Gasteiger partial charge in [0.15, 0.2) is 0 Å². The predicted octanol–water partition coefficient (Wildman–Crippen LogP) is 8.36. The van der Waals surface area contributed by atoms with Crippen molar-refractivity contribution < 1.29 is 22.0 Å². The van der Waals surface area contributed by atoms with Gasteiger partial charge in [0.2, 0.25) is 0 Å². The fourth-order valence-corrected chi connectivity index (χ4v) is 6.18. The molecule has 3 aliphatic rings. The number of unbranched alkanes of at least 4 members (excludes halogenated alkanes) is 2. The molecule has 0 aromatic rings. The fraction of sp³-hybridized carbons (Fsp3) is 0.917. The van der Waals surface area contributed by atoms with Gasteiger partial charge in [0.05, 0.1) is 0 Å². The molecule has 0 aliphatic heterocycles. The third-order valence-corrected chi connectivity index (χ3v) is 7.96. The van der Waals surface area contributed by atoms with Crippen LogP contribution in [0, 0.1) is 29.6 Å². The van der Waals surface area contributed by atoms with E-state index in [1.165, 1.54) is 51.4 Å². The summed E-state index contributed by atoms with van der Waals surface area (Å²) in [6.07, 6.45) is 6.09. The molecule has 0 spiro atoms. The van der Waals surface area contributed by atoms with Crippen molar-refractivity contribution in [3.63, 3.8) is 0 Å². The second kappa shape index (κ2) is 10.1. The van der Waals surface area contributed by atoms with Crippen LogP contribution in [0.4, 0.5) is 22.0 Å². The van der Waals surface area contributed by atoms with Crippen LogP contribution in [0.5, 0.6) is 0 Å². The van der Waals surface area contributed by atoms with Gasteiger partial charge in [0.25, 0.3) is 0 Å². The topological polar surface area (TPSA) is 0 Å². The molecule has 3 aliphatic carbocycles. The third kappa shape index (κ3) is 5.97. The second-order valence-electron chi connectivity index (χ2n) is 9.86. The van der Waals surface area contributed by atoms with Crippen molar-refractivity contribution in [1.82, 2.24) is 0 Å². The van der Waals surface area contributed by atoms with E-state index in [1.807, 2.05) is 0 Å². The van der Waals surface area contributed by atoms with Crippen LogP contribution >= 0.6 is 0 Å². The lowest BCUT2D eigenvalue weighted by Gasteiger charge is -2.39. The van der Waals surface area contributed by atoms with Crippen molar-refractivity contribution in [2.24, 2.45) is 29.6 Å². The molecular formula is C24H37F5. The zero-order valence-electron chi connectivity index (χ0n) is 17.7. The molecule has 3 atom stereocenters. The first kappa shape index (κ1) is 23.1. The standard InChI is InChI=1S/C24H37F5/c1-2-3-4-5-16-6-8-17(9-7-16)18-10-12-19(13-11-18)20-14-21(25)23(22(26)15-20)24(27,28)29/h12,16-18,20-23H,2-11,13-15H2,1H3. The van der Waals surface area contributed by atoms with Gasteiger partial charge in [-0.3, -0.25) is 0 Å². The van der Waals surface area contributed by atoms with Crippen LogP contribution in [0.2, 0.25) is 0 Å². The Labute approximate surface area is 172 Å². The van der Waals surface area contributed by atoms with Gasteiger partial charge in [-0.05, 0) is 68.6 Å². The van der Waals surface area contributed by atoms with Crippen molar-refractivity contribution >= 4 is 0 Å². The van der Waals surface area contributed by atoms with E-state index in [-0.39, 0.29) is 18.8 Å². The van der Waals surface area contributed by atoms with E-state index < -0.39 is 24.4 Å². The average molecular weight is 421 g/mol. The smallest absolute Gasteiger partial charge is 0.247 e. The van der Waals surface area contributed by atoms with Crippen LogP contribution in [0.1, 0.15) is 90.4 Å². The summed E-state index contributed by atoms with van der Waals surface area (Å²) in [5.74, 6) is -0.514. The van der Waals surface area contributed by atoms with Gasteiger partial charge >= 0.3 is 6.18 Å². The summed E-state index contributed by atoms with van der Waals surface area (Å²) >= 11 is 0. The van der Waals surface area contributed by atoms with E-state index in [0.29, 0.717) is 5.92 Å². The summed E-state index contributed by atoms with van der Waals surface area (Å²) in [7, 11) is 0. The van der Waals surface area contributed by atoms with Crippen molar-refractivity contribution in [3.8, 4) is 0 Å². The molecular weight excluding hydrogens is 383 g/mol. The molecule has 168 valence electrons. The van der Waals surface area contributed by atoms with Crippen LogP contribution in [0.15, 0.2) is 11.6 Å².